The van der Waals surface area contributed by atoms with Gasteiger partial charge in [0.25, 0.3) is 0 Å². The molecule has 4 nitrogen and oxygen atoms in total. The highest BCUT2D eigenvalue weighted by Gasteiger charge is 2.41. The maximum absolute atomic E-state index is 12.8. The van der Waals surface area contributed by atoms with Gasteiger partial charge >= 0.3 is 5.97 Å². The van der Waals surface area contributed by atoms with Crippen LogP contribution in [0.3, 0.4) is 0 Å². The van der Waals surface area contributed by atoms with Crippen molar-refractivity contribution in [1.29, 1.82) is 0 Å². The van der Waals surface area contributed by atoms with Crippen LogP contribution in [-0.2, 0) is 15.1 Å². The minimum Gasteiger partial charge on any atom is -0.462 e. The lowest BCUT2D eigenvalue weighted by Crippen LogP contribution is -2.40. The molecule has 0 amide bonds. The number of carbonyl (C=O) groups excluding carboxylic acids is 1. The normalized spacial score (nSPS) is 13.5. The van der Waals surface area contributed by atoms with Gasteiger partial charge in [-0.05, 0) is 31.1 Å². The van der Waals surface area contributed by atoms with Crippen molar-refractivity contribution in [3.8, 4) is 0 Å². The van der Waals surface area contributed by atoms with Crippen LogP contribution in [0.25, 0.3) is 0 Å². The van der Waals surface area contributed by atoms with E-state index in [1.54, 1.807) is 36.4 Å². The van der Waals surface area contributed by atoms with Crippen LogP contribution in [0, 0.1) is 6.92 Å². The van der Waals surface area contributed by atoms with Crippen LogP contribution in [0.15, 0.2) is 54.6 Å². The molecule has 134 valence electrons. The molecule has 0 aromatic heterocycles. The molecule has 0 saturated carbocycles. The van der Waals surface area contributed by atoms with E-state index in [-0.39, 0.29) is 6.61 Å². The van der Waals surface area contributed by atoms with Crippen LogP contribution in [0.1, 0.15) is 30.5 Å². The molecule has 0 saturated heterocycles. The van der Waals surface area contributed by atoms with Crippen LogP contribution < -0.4 is 0 Å². The largest absolute Gasteiger partial charge is 0.462 e. The Balaban J connectivity index is 2.26. The number of benzene rings is 2. The Bertz CT molecular complexity index is 665. The fraction of sp³-hybridized carbons (Fsp3) is 0.381. The van der Waals surface area contributed by atoms with Crippen molar-refractivity contribution in [2.75, 3.05) is 26.2 Å². The second-order valence-corrected chi connectivity index (χ2v) is 6.11. The second kappa shape index (κ2) is 8.79. The van der Waals surface area contributed by atoms with E-state index in [0.29, 0.717) is 17.7 Å². The second-order valence-electron chi connectivity index (χ2n) is 6.11. The summed E-state index contributed by atoms with van der Waals surface area (Å²) in [6, 6.07) is 16.2. The van der Waals surface area contributed by atoms with Crippen molar-refractivity contribution in [3.63, 3.8) is 0 Å². The van der Waals surface area contributed by atoms with E-state index in [1.807, 2.05) is 25.1 Å². The molecule has 25 heavy (non-hydrogen) atoms. The summed E-state index contributed by atoms with van der Waals surface area (Å²) in [5.74, 6) is -0.644. The predicted octanol–water partition coefficient (Wildman–Crippen LogP) is 3.12. The zero-order valence-corrected chi connectivity index (χ0v) is 15.2. The van der Waals surface area contributed by atoms with Gasteiger partial charge in [0, 0.05) is 6.54 Å². The van der Waals surface area contributed by atoms with Crippen LogP contribution in [0.4, 0.5) is 0 Å². The Morgan fingerprint density at radius 1 is 1.00 bits per heavy atom. The summed E-state index contributed by atoms with van der Waals surface area (Å²) >= 11 is 0. The van der Waals surface area contributed by atoms with E-state index in [1.165, 1.54) is 0 Å². The molecule has 0 unspecified atom stereocenters. The number of hydrogen-bond acceptors (Lipinski definition) is 4. The summed E-state index contributed by atoms with van der Waals surface area (Å²) in [5.41, 5.74) is 0.274. The molecule has 2 aromatic carbocycles. The van der Waals surface area contributed by atoms with Gasteiger partial charge in [-0.25, -0.2) is 4.79 Å². The van der Waals surface area contributed by atoms with Crippen LogP contribution in [0.5, 0.6) is 0 Å². The van der Waals surface area contributed by atoms with Gasteiger partial charge in [0.1, 0.15) is 6.61 Å². The average Bonchev–Trinajstić information content (AvgIpc) is 2.65. The van der Waals surface area contributed by atoms with Gasteiger partial charge in [0.2, 0.25) is 5.60 Å². The molecule has 0 aliphatic carbocycles. The van der Waals surface area contributed by atoms with Crippen molar-refractivity contribution in [1.82, 2.24) is 4.90 Å². The standard InChI is InChI=1S/C21H27NO3/c1-4-22(5-2)15-16-25-20(23)21(24,18-9-7-6-8-10-18)19-13-11-17(3)12-14-19/h6-14,24H,4-5,15-16H2,1-3H3/t21-/m0/s1. The number of aryl methyl sites for hydroxylation is 1. The fourth-order valence-corrected chi connectivity index (χ4v) is 2.79. The van der Waals surface area contributed by atoms with Crippen molar-refractivity contribution < 1.29 is 14.6 Å². The van der Waals surface area contributed by atoms with Crippen LogP contribution in [0.2, 0.25) is 0 Å². The number of carbonyl (C=O) groups is 1. The van der Waals surface area contributed by atoms with E-state index in [4.69, 9.17) is 4.74 Å². The van der Waals surface area contributed by atoms with Gasteiger partial charge in [-0.2, -0.15) is 0 Å². The number of ether oxygens (including phenoxy) is 1. The third kappa shape index (κ3) is 4.47. The van der Waals surface area contributed by atoms with Crippen molar-refractivity contribution in [3.05, 3.63) is 71.3 Å². The third-order valence-corrected chi connectivity index (χ3v) is 4.49. The van der Waals surface area contributed by atoms with Gasteiger partial charge in [-0.3, -0.25) is 0 Å². The highest BCUT2D eigenvalue weighted by atomic mass is 16.5. The Morgan fingerprint density at radius 2 is 1.56 bits per heavy atom. The first-order chi connectivity index (χ1) is 12.0. The Kier molecular flexibility index (Phi) is 6.73. The zero-order valence-electron chi connectivity index (χ0n) is 15.2. The lowest BCUT2D eigenvalue weighted by Gasteiger charge is -2.28. The summed E-state index contributed by atoms with van der Waals surface area (Å²) in [7, 11) is 0. The van der Waals surface area contributed by atoms with Crippen molar-refractivity contribution in [2.24, 2.45) is 0 Å². The maximum atomic E-state index is 12.8. The maximum Gasteiger partial charge on any atom is 0.347 e. The van der Waals surface area contributed by atoms with E-state index >= 15 is 0 Å². The Morgan fingerprint density at radius 3 is 2.12 bits per heavy atom. The van der Waals surface area contributed by atoms with Gasteiger partial charge in [-0.1, -0.05) is 74.0 Å². The number of aliphatic hydroxyl groups is 1. The van der Waals surface area contributed by atoms with E-state index in [2.05, 4.69) is 18.7 Å². The molecule has 0 radical (unpaired) electrons. The predicted molar refractivity (Wildman–Crippen MR) is 99.4 cm³/mol. The molecule has 1 N–H and O–H groups in total. The van der Waals surface area contributed by atoms with E-state index in [0.717, 1.165) is 18.7 Å². The topological polar surface area (TPSA) is 49.8 Å². The molecule has 0 aliphatic rings. The van der Waals surface area contributed by atoms with Gasteiger partial charge in [0.15, 0.2) is 0 Å². The monoisotopic (exact) mass is 341 g/mol. The number of rotatable bonds is 8. The Hall–Kier alpha value is -2.17. The number of nitrogens with zero attached hydrogens (tertiary/aromatic N) is 1. The first-order valence-corrected chi connectivity index (χ1v) is 8.77. The lowest BCUT2D eigenvalue weighted by molar-refractivity contribution is -0.162. The summed E-state index contributed by atoms with van der Waals surface area (Å²) < 4.78 is 5.45. The van der Waals surface area contributed by atoms with Crippen molar-refractivity contribution >= 4 is 5.97 Å². The van der Waals surface area contributed by atoms with Crippen molar-refractivity contribution in [2.45, 2.75) is 26.4 Å². The van der Waals surface area contributed by atoms with E-state index < -0.39 is 11.6 Å². The molecule has 0 spiro atoms. The molecule has 1 atom stereocenters. The summed E-state index contributed by atoms with van der Waals surface area (Å²) in [4.78, 5) is 15.0. The highest BCUT2D eigenvalue weighted by molar-refractivity contribution is 5.85. The molecule has 2 aromatic rings. The molecular weight excluding hydrogens is 314 g/mol. The zero-order chi connectivity index (χ0) is 18.3. The first-order valence-electron chi connectivity index (χ1n) is 8.77. The summed E-state index contributed by atoms with van der Waals surface area (Å²) in [5, 5.41) is 11.3. The first kappa shape index (κ1) is 19.2. The fourth-order valence-electron chi connectivity index (χ4n) is 2.79. The number of likely N-dealkylation sites (N-methyl/N-ethyl adjacent to an activating group) is 1. The molecule has 4 heteroatoms. The van der Waals surface area contributed by atoms with Gasteiger partial charge < -0.3 is 14.7 Å². The summed E-state index contributed by atoms with van der Waals surface area (Å²) in [6.07, 6.45) is 0. The minimum atomic E-state index is -1.81. The van der Waals surface area contributed by atoms with E-state index in [9.17, 15) is 9.90 Å². The van der Waals surface area contributed by atoms with Gasteiger partial charge in [-0.15, -0.1) is 0 Å². The Labute approximate surface area is 150 Å². The SMILES string of the molecule is CCN(CC)CCOC(=O)[C@](O)(c1ccccc1)c1ccc(C)cc1. The molecule has 0 aliphatic heterocycles. The molecule has 0 bridgehead atoms. The van der Waals surface area contributed by atoms with Crippen LogP contribution >= 0.6 is 0 Å². The van der Waals surface area contributed by atoms with Gasteiger partial charge in [0.05, 0.1) is 0 Å². The molecule has 0 fully saturated rings. The molecular formula is C21H27NO3. The van der Waals surface area contributed by atoms with Crippen LogP contribution in [-0.4, -0.2) is 42.2 Å². The smallest absolute Gasteiger partial charge is 0.347 e. The highest BCUT2D eigenvalue weighted by Crippen LogP contribution is 2.31. The lowest BCUT2D eigenvalue weighted by atomic mass is 9.86. The quantitative estimate of drug-likeness (QED) is 0.750. The number of hydrogen-bond donors (Lipinski definition) is 1. The molecule has 0 heterocycles. The summed E-state index contributed by atoms with van der Waals surface area (Å²) in [6.45, 7) is 8.80. The third-order valence-electron chi connectivity index (χ3n) is 4.49. The minimum absolute atomic E-state index is 0.252. The average molecular weight is 341 g/mol. The molecule has 2 rings (SSSR count). The number of esters is 1.